The molecule has 0 bridgehead atoms. The second-order valence-electron chi connectivity index (χ2n) is 10.7. The smallest absolute Gasteiger partial charge is 0.356 e. The Morgan fingerprint density at radius 3 is 2.11 bits per heavy atom. The van der Waals surface area contributed by atoms with Gasteiger partial charge in [-0.25, -0.2) is 9.59 Å². The van der Waals surface area contributed by atoms with Crippen molar-refractivity contribution in [1.29, 1.82) is 5.26 Å². The van der Waals surface area contributed by atoms with Crippen molar-refractivity contribution >= 4 is 18.0 Å². The summed E-state index contributed by atoms with van der Waals surface area (Å²) in [5, 5.41) is 10.7. The molecule has 2 aromatic rings. The van der Waals surface area contributed by atoms with Crippen LogP contribution in [0.15, 0.2) is 72.1 Å². The van der Waals surface area contributed by atoms with E-state index in [9.17, 15) is 14.9 Å². The zero-order valence-electron chi connectivity index (χ0n) is 21.4. The van der Waals surface area contributed by atoms with Crippen molar-refractivity contribution in [1.82, 2.24) is 4.90 Å². The third kappa shape index (κ3) is 4.65. The highest BCUT2D eigenvalue weighted by Gasteiger charge is 2.55. The lowest BCUT2D eigenvalue weighted by Crippen LogP contribution is -2.50. The normalized spacial score (nSPS) is 21.2. The van der Waals surface area contributed by atoms with Gasteiger partial charge in [-0.1, -0.05) is 54.6 Å². The molecular weight excluding hydrogens is 456 g/mol. The van der Waals surface area contributed by atoms with Gasteiger partial charge in [0.05, 0.1) is 0 Å². The van der Waals surface area contributed by atoms with E-state index in [1.165, 1.54) is 0 Å². The van der Waals surface area contributed by atoms with E-state index >= 15 is 0 Å². The van der Waals surface area contributed by atoms with Crippen LogP contribution >= 0.6 is 0 Å². The molecule has 186 valence electrons. The van der Waals surface area contributed by atoms with E-state index in [4.69, 9.17) is 14.2 Å². The van der Waals surface area contributed by atoms with E-state index in [-0.39, 0.29) is 11.3 Å². The van der Waals surface area contributed by atoms with E-state index < -0.39 is 35.0 Å². The molecule has 0 N–H and O–H groups in total. The van der Waals surface area contributed by atoms with Crippen molar-refractivity contribution in [3.8, 4) is 6.07 Å². The van der Waals surface area contributed by atoms with E-state index in [1.807, 2.05) is 30.3 Å². The van der Waals surface area contributed by atoms with Gasteiger partial charge in [0.25, 0.3) is 0 Å². The van der Waals surface area contributed by atoms with Crippen molar-refractivity contribution in [2.75, 3.05) is 0 Å². The maximum absolute atomic E-state index is 13.8. The topological polar surface area (TPSA) is 88.9 Å². The molecule has 7 nitrogen and oxygen atoms in total. The van der Waals surface area contributed by atoms with Crippen LogP contribution in [0.2, 0.25) is 0 Å². The third-order valence-corrected chi connectivity index (χ3v) is 5.60. The standard InChI is InChI=1S/C29H30N2O5/c1-27(2,3)35-25(32)22-23(26(33)36-28(4,5)6)31-17-16-19-12-10-11-15-21(19)24(31)34-29(22,18-30)20-13-8-7-9-14-20/h7-17,24H,1-6H3. The Kier molecular flexibility index (Phi) is 6.27. The molecule has 2 atom stereocenters. The number of ether oxygens (including phenoxy) is 3. The van der Waals surface area contributed by atoms with Gasteiger partial charge in [-0.3, -0.25) is 0 Å². The predicted octanol–water partition coefficient (Wildman–Crippen LogP) is 5.36. The molecule has 7 heteroatoms. The van der Waals surface area contributed by atoms with E-state index in [0.717, 1.165) is 11.1 Å². The van der Waals surface area contributed by atoms with Gasteiger partial charge in [-0.15, -0.1) is 0 Å². The van der Waals surface area contributed by atoms with Crippen molar-refractivity contribution < 1.29 is 23.8 Å². The number of fused-ring (bicyclic) bond motifs is 3. The molecule has 0 aromatic heterocycles. The molecule has 0 saturated heterocycles. The van der Waals surface area contributed by atoms with Gasteiger partial charge in [0.15, 0.2) is 6.23 Å². The molecule has 0 spiro atoms. The second-order valence-corrected chi connectivity index (χ2v) is 10.7. The fourth-order valence-corrected chi connectivity index (χ4v) is 4.25. The number of nitrogens with zero attached hydrogens (tertiary/aromatic N) is 2. The molecule has 4 rings (SSSR count). The molecule has 36 heavy (non-hydrogen) atoms. The Morgan fingerprint density at radius 1 is 0.917 bits per heavy atom. The fourth-order valence-electron chi connectivity index (χ4n) is 4.25. The fraction of sp³-hybridized carbons (Fsp3) is 0.345. The van der Waals surface area contributed by atoms with Crippen molar-refractivity contribution in [3.05, 3.63) is 88.8 Å². The van der Waals surface area contributed by atoms with Gasteiger partial charge >= 0.3 is 11.9 Å². The lowest BCUT2D eigenvalue weighted by Gasteiger charge is -2.46. The average Bonchev–Trinajstić information content (AvgIpc) is 2.80. The largest absolute Gasteiger partial charge is 0.456 e. The Balaban J connectivity index is 2.06. The summed E-state index contributed by atoms with van der Waals surface area (Å²) in [7, 11) is 0. The molecule has 2 unspecified atom stereocenters. The molecule has 0 aliphatic carbocycles. The quantitative estimate of drug-likeness (QED) is 0.540. The Morgan fingerprint density at radius 2 is 1.50 bits per heavy atom. The van der Waals surface area contributed by atoms with Gasteiger partial charge in [0, 0.05) is 17.3 Å². The van der Waals surface area contributed by atoms with Gasteiger partial charge in [0.2, 0.25) is 5.60 Å². The van der Waals surface area contributed by atoms with Gasteiger partial charge < -0.3 is 19.1 Å². The molecule has 2 aliphatic heterocycles. The molecule has 2 heterocycles. The Bertz CT molecular complexity index is 1290. The number of benzene rings is 2. The van der Waals surface area contributed by atoms with Crippen LogP contribution in [-0.2, 0) is 29.4 Å². The molecule has 0 amide bonds. The summed E-state index contributed by atoms with van der Waals surface area (Å²) in [6, 6.07) is 18.5. The van der Waals surface area contributed by atoms with Crippen LogP contribution in [0.1, 0.15) is 64.5 Å². The Hall–Kier alpha value is -3.89. The lowest BCUT2D eigenvalue weighted by molar-refractivity contribution is -0.171. The minimum atomic E-state index is -1.94. The zero-order valence-corrected chi connectivity index (χ0v) is 21.4. The minimum Gasteiger partial charge on any atom is -0.456 e. The second kappa shape index (κ2) is 8.96. The van der Waals surface area contributed by atoms with Crippen LogP contribution in [0, 0.1) is 11.3 Å². The summed E-state index contributed by atoms with van der Waals surface area (Å²) in [6.45, 7) is 10.4. The number of carbonyl (C=O) groups excluding carboxylic acids is 2. The molecule has 2 aliphatic rings. The first kappa shape index (κ1) is 25.2. The Labute approximate surface area is 211 Å². The summed E-state index contributed by atoms with van der Waals surface area (Å²) in [5.74, 6) is -1.59. The van der Waals surface area contributed by atoms with Crippen LogP contribution < -0.4 is 0 Å². The summed E-state index contributed by atoms with van der Waals surface area (Å²) in [5.41, 5.74) is -1.95. The summed E-state index contributed by atoms with van der Waals surface area (Å²) in [4.78, 5) is 29.1. The first-order chi connectivity index (χ1) is 16.9. The maximum atomic E-state index is 13.8. The number of esters is 2. The molecule has 0 radical (unpaired) electrons. The van der Waals surface area contributed by atoms with Gasteiger partial charge in [0.1, 0.15) is 28.5 Å². The summed E-state index contributed by atoms with van der Waals surface area (Å²) < 4.78 is 18.0. The van der Waals surface area contributed by atoms with Crippen LogP contribution in [0.3, 0.4) is 0 Å². The van der Waals surface area contributed by atoms with Crippen LogP contribution in [0.25, 0.3) is 6.08 Å². The van der Waals surface area contributed by atoms with Crippen LogP contribution in [0.5, 0.6) is 0 Å². The predicted molar refractivity (Wildman–Crippen MR) is 134 cm³/mol. The van der Waals surface area contributed by atoms with Crippen LogP contribution in [-0.4, -0.2) is 28.0 Å². The van der Waals surface area contributed by atoms with Gasteiger partial charge in [-0.2, -0.15) is 5.26 Å². The highest BCUT2D eigenvalue weighted by Crippen LogP contribution is 2.50. The lowest BCUT2D eigenvalue weighted by atomic mass is 9.82. The first-order valence-corrected chi connectivity index (χ1v) is 11.8. The number of nitriles is 1. The van der Waals surface area contributed by atoms with E-state index in [2.05, 4.69) is 6.07 Å². The molecule has 0 saturated carbocycles. The minimum absolute atomic E-state index is 0.0911. The van der Waals surface area contributed by atoms with Crippen molar-refractivity contribution in [2.24, 2.45) is 0 Å². The maximum Gasteiger partial charge on any atom is 0.356 e. The third-order valence-electron chi connectivity index (χ3n) is 5.60. The molecular formula is C29H30N2O5. The summed E-state index contributed by atoms with van der Waals surface area (Å²) >= 11 is 0. The first-order valence-electron chi connectivity index (χ1n) is 11.8. The van der Waals surface area contributed by atoms with Crippen molar-refractivity contribution in [3.63, 3.8) is 0 Å². The van der Waals surface area contributed by atoms with Crippen LogP contribution in [0.4, 0.5) is 0 Å². The van der Waals surface area contributed by atoms with Gasteiger partial charge in [-0.05, 0) is 53.2 Å². The number of hydrogen-bond donors (Lipinski definition) is 0. The SMILES string of the molecule is CC(C)(C)OC(=O)C1=C(C(=O)OC(C)(C)C)C(C#N)(c2ccccc2)OC2c3ccccc3C=CN12. The van der Waals surface area contributed by atoms with E-state index in [1.54, 1.807) is 83.0 Å². The monoisotopic (exact) mass is 486 g/mol. The number of hydrogen-bond acceptors (Lipinski definition) is 7. The van der Waals surface area contributed by atoms with Crippen molar-refractivity contribution in [2.45, 2.75) is 64.6 Å². The number of rotatable bonds is 3. The van der Waals surface area contributed by atoms with E-state index in [0.29, 0.717) is 5.56 Å². The zero-order chi connectivity index (χ0) is 26.3. The average molecular weight is 487 g/mol. The highest BCUT2D eigenvalue weighted by molar-refractivity contribution is 6.03. The summed E-state index contributed by atoms with van der Waals surface area (Å²) in [6.07, 6.45) is 2.64. The molecule has 0 fully saturated rings. The molecule has 2 aromatic carbocycles. The number of carbonyl (C=O) groups is 2. The highest BCUT2D eigenvalue weighted by atomic mass is 16.6.